The van der Waals surface area contributed by atoms with E-state index in [0.717, 1.165) is 4.47 Å². The van der Waals surface area contributed by atoms with Crippen LogP contribution in [0.5, 0.6) is 0 Å². The Morgan fingerprint density at radius 3 is 2.46 bits per heavy atom. The lowest BCUT2D eigenvalue weighted by Gasteiger charge is -2.22. The van der Waals surface area contributed by atoms with E-state index in [0.29, 0.717) is 5.56 Å². The smallest absolute Gasteiger partial charge is 0.241 e. The van der Waals surface area contributed by atoms with E-state index >= 15 is 0 Å². The summed E-state index contributed by atoms with van der Waals surface area (Å²) in [6.07, 6.45) is 0. The van der Waals surface area contributed by atoms with Crippen LogP contribution in [0.3, 0.4) is 0 Å². The number of hydrogen-bond acceptors (Lipinski definition) is 2. The lowest BCUT2D eigenvalue weighted by atomic mass is 9.93. The SMILES string of the molecule is CC(N)(C(N)=O)c1ccccc1Br. The lowest BCUT2D eigenvalue weighted by molar-refractivity contribution is -0.122. The molecule has 0 aliphatic rings. The lowest BCUT2D eigenvalue weighted by Crippen LogP contribution is -2.46. The van der Waals surface area contributed by atoms with Gasteiger partial charge in [0.2, 0.25) is 5.91 Å². The highest BCUT2D eigenvalue weighted by Crippen LogP contribution is 2.25. The van der Waals surface area contributed by atoms with Crippen LogP contribution in [-0.2, 0) is 10.3 Å². The Morgan fingerprint density at radius 2 is 2.00 bits per heavy atom. The Kier molecular flexibility index (Phi) is 2.73. The summed E-state index contributed by atoms with van der Waals surface area (Å²) >= 11 is 3.31. The van der Waals surface area contributed by atoms with E-state index in [1.165, 1.54) is 0 Å². The average molecular weight is 243 g/mol. The molecule has 13 heavy (non-hydrogen) atoms. The standard InChI is InChI=1S/C9H11BrN2O/c1-9(12,8(11)13)6-4-2-3-5-7(6)10/h2-5H,12H2,1H3,(H2,11,13). The molecule has 1 aromatic carbocycles. The van der Waals surface area contributed by atoms with Crippen LogP contribution in [0.15, 0.2) is 28.7 Å². The van der Waals surface area contributed by atoms with Crippen molar-refractivity contribution in [3.05, 3.63) is 34.3 Å². The van der Waals surface area contributed by atoms with Crippen LogP contribution in [0.2, 0.25) is 0 Å². The number of hydrogen-bond donors (Lipinski definition) is 2. The van der Waals surface area contributed by atoms with E-state index in [2.05, 4.69) is 15.9 Å². The second-order valence-corrected chi connectivity index (χ2v) is 3.90. The van der Waals surface area contributed by atoms with Crippen LogP contribution in [0, 0.1) is 0 Å². The molecular weight excluding hydrogens is 232 g/mol. The first-order chi connectivity index (χ1) is 5.96. The molecule has 0 aliphatic carbocycles. The number of halogens is 1. The van der Waals surface area contributed by atoms with Crippen LogP contribution in [0.1, 0.15) is 12.5 Å². The molecule has 0 saturated heterocycles. The first-order valence-corrected chi connectivity index (χ1v) is 4.59. The molecule has 3 nitrogen and oxygen atoms in total. The summed E-state index contributed by atoms with van der Waals surface area (Å²) in [4.78, 5) is 11.1. The number of carbonyl (C=O) groups excluding carboxylic acids is 1. The van der Waals surface area contributed by atoms with E-state index in [1.54, 1.807) is 13.0 Å². The van der Waals surface area contributed by atoms with Gasteiger partial charge in [-0.15, -0.1) is 0 Å². The number of carbonyl (C=O) groups is 1. The highest BCUT2D eigenvalue weighted by atomic mass is 79.9. The molecule has 1 unspecified atom stereocenters. The summed E-state index contributed by atoms with van der Waals surface area (Å²) in [5, 5.41) is 0. The minimum atomic E-state index is -1.12. The van der Waals surface area contributed by atoms with Gasteiger partial charge in [-0.1, -0.05) is 34.1 Å². The third kappa shape index (κ3) is 1.89. The Labute approximate surface area is 85.2 Å². The van der Waals surface area contributed by atoms with Gasteiger partial charge in [0.25, 0.3) is 0 Å². The normalized spacial score (nSPS) is 15.0. The van der Waals surface area contributed by atoms with Crippen LogP contribution in [-0.4, -0.2) is 5.91 Å². The predicted octanol–water partition coefficient (Wildman–Crippen LogP) is 1.11. The van der Waals surface area contributed by atoms with Crippen molar-refractivity contribution < 1.29 is 4.79 Å². The predicted molar refractivity (Wildman–Crippen MR) is 54.9 cm³/mol. The van der Waals surface area contributed by atoms with Gasteiger partial charge in [0.05, 0.1) is 0 Å². The summed E-state index contributed by atoms with van der Waals surface area (Å²) in [6.45, 7) is 1.59. The summed E-state index contributed by atoms with van der Waals surface area (Å²) in [5.41, 5.74) is 10.5. The maximum absolute atomic E-state index is 11.1. The molecule has 1 atom stereocenters. The average Bonchev–Trinajstić information content (AvgIpc) is 2.04. The quantitative estimate of drug-likeness (QED) is 0.816. The van der Waals surface area contributed by atoms with Gasteiger partial charge in [-0.05, 0) is 18.6 Å². The van der Waals surface area contributed by atoms with Crippen molar-refractivity contribution >= 4 is 21.8 Å². The first-order valence-electron chi connectivity index (χ1n) is 3.80. The van der Waals surface area contributed by atoms with Crippen molar-refractivity contribution in [1.29, 1.82) is 0 Å². The van der Waals surface area contributed by atoms with Crippen molar-refractivity contribution in [3.63, 3.8) is 0 Å². The molecule has 4 heteroatoms. The van der Waals surface area contributed by atoms with Gasteiger partial charge in [0.1, 0.15) is 5.54 Å². The maximum Gasteiger partial charge on any atom is 0.241 e. The van der Waals surface area contributed by atoms with E-state index in [4.69, 9.17) is 11.5 Å². The van der Waals surface area contributed by atoms with Crippen LogP contribution in [0.4, 0.5) is 0 Å². The van der Waals surface area contributed by atoms with Crippen molar-refractivity contribution in [2.45, 2.75) is 12.5 Å². The number of nitrogens with two attached hydrogens (primary N) is 2. The second kappa shape index (κ2) is 3.47. The molecule has 70 valence electrons. The minimum absolute atomic E-state index is 0.542. The van der Waals surface area contributed by atoms with Crippen molar-refractivity contribution in [2.24, 2.45) is 11.5 Å². The van der Waals surface area contributed by atoms with Gasteiger partial charge >= 0.3 is 0 Å². The van der Waals surface area contributed by atoms with Gasteiger partial charge in [0.15, 0.2) is 0 Å². The van der Waals surface area contributed by atoms with Crippen LogP contribution >= 0.6 is 15.9 Å². The van der Waals surface area contributed by atoms with E-state index in [1.807, 2.05) is 18.2 Å². The van der Waals surface area contributed by atoms with E-state index in [9.17, 15) is 4.79 Å². The van der Waals surface area contributed by atoms with Gasteiger partial charge in [0, 0.05) is 4.47 Å². The number of rotatable bonds is 2. The molecule has 1 amide bonds. The molecular formula is C9H11BrN2O. The molecule has 0 saturated carbocycles. The molecule has 0 aromatic heterocycles. The number of primary amides is 1. The van der Waals surface area contributed by atoms with Crippen molar-refractivity contribution in [2.75, 3.05) is 0 Å². The summed E-state index contributed by atoms with van der Waals surface area (Å²) in [7, 11) is 0. The molecule has 0 spiro atoms. The monoisotopic (exact) mass is 242 g/mol. The van der Waals surface area contributed by atoms with Gasteiger partial charge in [-0.25, -0.2) is 0 Å². The Morgan fingerprint density at radius 1 is 1.46 bits per heavy atom. The molecule has 1 aromatic rings. The Hall–Kier alpha value is -0.870. The van der Waals surface area contributed by atoms with Crippen LogP contribution in [0.25, 0.3) is 0 Å². The first kappa shape index (κ1) is 10.2. The fourth-order valence-corrected chi connectivity index (χ4v) is 1.71. The molecule has 0 aliphatic heterocycles. The Balaban J connectivity index is 3.22. The van der Waals surface area contributed by atoms with Crippen molar-refractivity contribution in [1.82, 2.24) is 0 Å². The van der Waals surface area contributed by atoms with Crippen molar-refractivity contribution in [3.8, 4) is 0 Å². The molecule has 0 bridgehead atoms. The van der Waals surface area contributed by atoms with E-state index < -0.39 is 11.4 Å². The molecule has 4 N–H and O–H groups in total. The fourth-order valence-electron chi connectivity index (χ4n) is 1.02. The summed E-state index contributed by atoms with van der Waals surface area (Å²) in [5.74, 6) is -0.542. The third-order valence-electron chi connectivity index (χ3n) is 1.95. The second-order valence-electron chi connectivity index (χ2n) is 3.05. The topological polar surface area (TPSA) is 69.1 Å². The molecule has 0 radical (unpaired) electrons. The van der Waals surface area contributed by atoms with Crippen LogP contribution < -0.4 is 11.5 Å². The van der Waals surface area contributed by atoms with E-state index in [-0.39, 0.29) is 0 Å². The minimum Gasteiger partial charge on any atom is -0.368 e. The number of amides is 1. The third-order valence-corrected chi connectivity index (χ3v) is 2.64. The Bertz CT molecular complexity index is 336. The van der Waals surface area contributed by atoms with Gasteiger partial charge < -0.3 is 11.5 Å². The fraction of sp³-hybridized carbons (Fsp3) is 0.222. The molecule has 0 fully saturated rings. The number of benzene rings is 1. The summed E-state index contributed by atoms with van der Waals surface area (Å²) < 4.78 is 0.791. The summed E-state index contributed by atoms with van der Waals surface area (Å²) in [6, 6.07) is 7.26. The largest absolute Gasteiger partial charge is 0.368 e. The molecule has 1 rings (SSSR count). The van der Waals surface area contributed by atoms with Gasteiger partial charge in [-0.2, -0.15) is 0 Å². The zero-order chi connectivity index (χ0) is 10.1. The highest BCUT2D eigenvalue weighted by Gasteiger charge is 2.29. The van der Waals surface area contributed by atoms with Gasteiger partial charge in [-0.3, -0.25) is 4.79 Å². The zero-order valence-corrected chi connectivity index (χ0v) is 8.84. The maximum atomic E-state index is 11.1. The highest BCUT2D eigenvalue weighted by molar-refractivity contribution is 9.10. The zero-order valence-electron chi connectivity index (χ0n) is 7.25. The molecule has 0 heterocycles.